The minimum Gasteiger partial charge on any atom is -0.394 e. The van der Waals surface area contributed by atoms with Gasteiger partial charge in [0.1, 0.15) is 48.8 Å². The highest BCUT2D eigenvalue weighted by Gasteiger charge is 2.51. The Kier molecular flexibility index (Phi) is 35.6. The third-order valence-electron chi connectivity index (χ3n) is 11.8. The molecule has 68 heavy (non-hydrogen) atoms. The maximum atomic E-state index is 13.1. The Morgan fingerprint density at radius 1 is 0.544 bits per heavy atom. The van der Waals surface area contributed by atoms with Crippen molar-refractivity contribution in [1.29, 1.82) is 0 Å². The second-order valence-electron chi connectivity index (χ2n) is 17.6. The SMILES string of the molecule is CC/C=C\C/C=C\C/C=C\C/C=C\C/C=C\C/C=C\C/C=C\C/C=C\CCCCC(=O)NC(COC1OC(CO)C(OC2OC(CO)C(O)C(O)C2O)C(O)C1O)C(O)CCCCCCCCC. The van der Waals surface area contributed by atoms with Gasteiger partial charge in [0, 0.05) is 6.42 Å². The molecule has 0 aliphatic carbocycles. The zero-order chi connectivity index (χ0) is 49.6. The average molecular weight is 960 g/mol. The van der Waals surface area contributed by atoms with E-state index in [4.69, 9.17) is 18.9 Å². The van der Waals surface area contributed by atoms with Crippen molar-refractivity contribution in [1.82, 2.24) is 5.32 Å². The Bertz CT molecular complexity index is 1510. The van der Waals surface area contributed by atoms with Crippen LogP contribution in [0.3, 0.4) is 0 Å². The fraction of sp³-hybridized carbons (Fsp3) is 0.685. The van der Waals surface area contributed by atoms with Gasteiger partial charge >= 0.3 is 0 Å². The summed E-state index contributed by atoms with van der Waals surface area (Å²) in [4.78, 5) is 13.1. The van der Waals surface area contributed by atoms with Crippen LogP contribution < -0.4 is 5.32 Å². The lowest BCUT2D eigenvalue weighted by molar-refractivity contribution is -0.359. The Morgan fingerprint density at radius 3 is 1.53 bits per heavy atom. The summed E-state index contributed by atoms with van der Waals surface area (Å²) in [7, 11) is 0. The number of amides is 1. The van der Waals surface area contributed by atoms with E-state index in [9.17, 15) is 45.6 Å². The van der Waals surface area contributed by atoms with Gasteiger partial charge in [0.05, 0.1) is 32.0 Å². The van der Waals surface area contributed by atoms with Crippen LogP contribution >= 0.6 is 0 Å². The first-order chi connectivity index (χ1) is 33.1. The maximum absolute atomic E-state index is 13.1. The zero-order valence-electron chi connectivity index (χ0n) is 41.0. The Balaban J connectivity index is 1.75. The van der Waals surface area contributed by atoms with Gasteiger partial charge < -0.3 is 65.1 Å². The maximum Gasteiger partial charge on any atom is 0.220 e. The van der Waals surface area contributed by atoms with Gasteiger partial charge in [-0.3, -0.25) is 4.79 Å². The van der Waals surface area contributed by atoms with Crippen molar-refractivity contribution in [3.8, 4) is 0 Å². The molecule has 2 heterocycles. The highest BCUT2D eigenvalue weighted by Crippen LogP contribution is 2.30. The number of carbonyl (C=O) groups excluding carboxylic acids is 1. The van der Waals surface area contributed by atoms with Crippen molar-refractivity contribution >= 4 is 5.91 Å². The number of hydrogen-bond acceptors (Lipinski definition) is 13. The van der Waals surface area contributed by atoms with Crippen LogP contribution in [-0.4, -0.2) is 140 Å². The van der Waals surface area contributed by atoms with Crippen LogP contribution in [0.15, 0.2) is 97.2 Å². The van der Waals surface area contributed by atoms with E-state index in [1.165, 1.54) is 12.8 Å². The van der Waals surface area contributed by atoms with E-state index in [1.807, 2.05) is 0 Å². The van der Waals surface area contributed by atoms with Gasteiger partial charge in [-0.05, 0) is 77.0 Å². The zero-order valence-corrected chi connectivity index (χ0v) is 41.0. The summed E-state index contributed by atoms with van der Waals surface area (Å²) < 4.78 is 22.6. The van der Waals surface area contributed by atoms with Crippen molar-refractivity contribution in [2.45, 2.75) is 216 Å². The molecular weight excluding hydrogens is 871 g/mol. The van der Waals surface area contributed by atoms with E-state index in [0.717, 1.165) is 96.3 Å². The van der Waals surface area contributed by atoms with Gasteiger partial charge in [-0.1, -0.05) is 156 Å². The third-order valence-corrected chi connectivity index (χ3v) is 11.8. The van der Waals surface area contributed by atoms with E-state index in [1.54, 1.807) is 0 Å². The van der Waals surface area contributed by atoms with Gasteiger partial charge in [-0.25, -0.2) is 0 Å². The van der Waals surface area contributed by atoms with E-state index >= 15 is 0 Å². The molecule has 0 aromatic carbocycles. The molecule has 14 nitrogen and oxygen atoms in total. The lowest BCUT2D eigenvalue weighted by atomic mass is 9.97. The molecule has 2 fully saturated rings. The summed E-state index contributed by atoms with van der Waals surface area (Å²) in [6, 6.07) is -0.856. The fourth-order valence-electron chi connectivity index (χ4n) is 7.66. The molecule has 2 rings (SSSR count). The van der Waals surface area contributed by atoms with Crippen molar-refractivity contribution < 1.29 is 64.6 Å². The molecule has 12 unspecified atom stereocenters. The highest BCUT2D eigenvalue weighted by atomic mass is 16.7. The van der Waals surface area contributed by atoms with Gasteiger partial charge in [0.2, 0.25) is 5.91 Å². The van der Waals surface area contributed by atoms with Crippen LogP contribution in [0.2, 0.25) is 0 Å². The number of unbranched alkanes of at least 4 members (excludes halogenated alkanes) is 8. The molecule has 0 radical (unpaired) electrons. The molecule has 9 N–H and O–H groups in total. The third kappa shape index (κ3) is 26.2. The van der Waals surface area contributed by atoms with Gasteiger partial charge in [-0.2, -0.15) is 0 Å². The lowest BCUT2D eigenvalue weighted by Crippen LogP contribution is -2.65. The second-order valence-corrected chi connectivity index (χ2v) is 17.6. The smallest absolute Gasteiger partial charge is 0.220 e. The molecule has 0 bridgehead atoms. The van der Waals surface area contributed by atoms with Crippen LogP contribution in [0.25, 0.3) is 0 Å². The summed E-state index contributed by atoms with van der Waals surface area (Å²) in [6.45, 7) is 2.61. The lowest BCUT2D eigenvalue weighted by Gasteiger charge is -2.46. The molecule has 12 atom stereocenters. The monoisotopic (exact) mass is 960 g/mol. The number of carbonyl (C=O) groups is 1. The number of rotatable bonds is 37. The first-order valence-electron chi connectivity index (χ1n) is 25.5. The molecule has 14 heteroatoms. The molecule has 0 aromatic rings. The van der Waals surface area contributed by atoms with Crippen LogP contribution in [0.5, 0.6) is 0 Å². The summed E-state index contributed by atoms with van der Waals surface area (Å²) in [5.41, 5.74) is 0. The number of hydrogen-bond donors (Lipinski definition) is 9. The average Bonchev–Trinajstić information content (AvgIpc) is 3.34. The molecule has 0 spiro atoms. The minimum atomic E-state index is -1.79. The predicted octanol–water partition coefficient (Wildman–Crippen LogP) is 6.76. The number of aliphatic hydroxyl groups excluding tert-OH is 8. The van der Waals surface area contributed by atoms with Crippen LogP contribution in [0.4, 0.5) is 0 Å². The van der Waals surface area contributed by atoms with E-state index in [-0.39, 0.29) is 18.9 Å². The Hall–Kier alpha value is -3.09. The first kappa shape index (κ1) is 61.0. The van der Waals surface area contributed by atoms with Gasteiger partial charge in [0.25, 0.3) is 0 Å². The van der Waals surface area contributed by atoms with Crippen molar-refractivity contribution in [3.63, 3.8) is 0 Å². The van der Waals surface area contributed by atoms with Crippen molar-refractivity contribution in [3.05, 3.63) is 97.2 Å². The number of ether oxygens (including phenoxy) is 4. The number of aliphatic hydroxyl groups is 8. The molecular formula is C54H89NO13. The number of nitrogens with one attached hydrogen (secondary N) is 1. The van der Waals surface area contributed by atoms with E-state index in [2.05, 4.69) is 116 Å². The summed E-state index contributed by atoms with van der Waals surface area (Å²) in [5, 5.41) is 86.5. The Labute approximate surface area is 407 Å². The molecule has 2 aliphatic rings. The fourth-order valence-corrected chi connectivity index (χ4v) is 7.66. The summed E-state index contributed by atoms with van der Waals surface area (Å²) >= 11 is 0. The molecule has 0 saturated carbocycles. The standard InChI is InChI=1S/C54H89NO13/c1-3-5-7-9-11-12-13-14-15-16-17-18-19-20-21-22-23-24-25-26-27-28-29-30-32-34-36-38-46(59)55-42(43(58)37-35-33-31-10-8-6-4-2)41-65-53-51(64)49(62)52(45(40-57)67-53)68-54-50(63)48(61)47(60)44(39-56)66-54/h5,7,11-12,14-15,17-18,20-21,23-24,26-27,29-30,42-45,47-54,56-58,60-64H,3-4,6,8-10,13,16,19,22,25,28,31-41H2,1-2H3,(H,55,59)/b7-5-,12-11-,15-14-,18-17-,21-20-,24-23-,27-26-,30-29-. The van der Waals surface area contributed by atoms with Gasteiger partial charge in [0.15, 0.2) is 12.6 Å². The van der Waals surface area contributed by atoms with Crippen molar-refractivity contribution in [2.75, 3.05) is 19.8 Å². The summed E-state index contributed by atoms with van der Waals surface area (Å²) in [6.07, 6.45) is 35.9. The normalized spacial score (nSPS) is 27.2. The van der Waals surface area contributed by atoms with Crippen LogP contribution in [0, 0.1) is 0 Å². The first-order valence-corrected chi connectivity index (χ1v) is 25.5. The Morgan fingerprint density at radius 2 is 1.01 bits per heavy atom. The highest BCUT2D eigenvalue weighted by molar-refractivity contribution is 5.76. The van der Waals surface area contributed by atoms with Crippen LogP contribution in [0.1, 0.15) is 142 Å². The molecule has 1 amide bonds. The molecule has 2 saturated heterocycles. The largest absolute Gasteiger partial charge is 0.394 e. The second kappa shape index (κ2) is 39.6. The van der Waals surface area contributed by atoms with Gasteiger partial charge in [-0.15, -0.1) is 0 Å². The van der Waals surface area contributed by atoms with E-state index < -0.39 is 86.8 Å². The molecule has 0 aromatic heterocycles. The quantitative estimate of drug-likeness (QED) is 0.0232. The summed E-state index contributed by atoms with van der Waals surface area (Å²) in [5.74, 6) is -0.259. The van der Waals surface area contributed by atoms with Crippen LogP contribution in [-0.2, 0) is 23.7 Å². The predicted molar refractivity (Wildman–Crippen MR) is 267 cm³/mol. The minimum absolute atomic E-state index is 0.241. The number of allylic oxidation sites excluding steroid dienone is 16. The van der Waals surface area contributed by atoms with E-state index in [0.29, 0.717) is 12.8 Å². The topological polar surface area (TPSA) is 228 Å². The van der Waals surface area contributed by atoms with Crippen molar-refractivity contribution in [2.24, 2.45) is 0 Å². The molecule has 388 valence electrons. The molecule has 2 aliphatic heterocycles.